The molecule has 14 heteroatoms. The molecule has 0 spiro atoms. The molecule has 3 aromatic carbocycles. The van der Waals surface area contributed by atoms with Crippen molar-refractivity contribution < 1.29 is 29.2 Å². The van der Waals surface area contributed by atoms with Gasteiger partial charge in [-0.15, -0.1) is 0 Å². The lowest BCUT2D eigenvalue weighted by Gasteiger charge is -2.29. The Balaban J connectivity index is 1.19. The lowest BCUT2D eigenvalue weighted by Crippen LogP contribution is -2.40. The van der Waals surface area contributed by atoms with Gasteiger partial charge in [0.2, 0.25) is 0 Å². The average molecular weight is 782 g/mol. The van der Waals surface area contributed by atoms with Gasteiger partial charge in [-0.25, -0.2) is 0 Å². The van der Waals surface area contributed by atoms with Crippen LogP contribution in [-0.2, 0) is 24.4 Å². The van der Waals surface area contributed by atoms with E-state index in [0.717, 1.165) is 79.7 Å². The summed E-state index contributed by atoms with van der Waals surface area (Å²) in [5.41, 5.74) is 18.2. The van der Waals surface area contributed by atoms with Gasteiger partial charge >= 0.3 is 5.97 Å². The van der Waals surface area contributed by atoms with Crippen LogP contribution in [-0.4, -0.2) is 77.0 Å². The number of aliphatic carboxylic acids is 1. The zero-order chi connectivity index (χ0) is 39.6. The summed E-state index contributed by atoms with van der Waals surface area (Å²) < 4.78 is 19.2. The average Bonchev–Trinajstić information content (AvgIpc) is 3.60. The van der Waals surface area contributed by atoms with E-state index >= 15 is 0 Å². The Kier molecular flexibility index (Phi) is 13.6. The molecule has 1 aliphatic carbocycles. The Labute approximate surface area is 331 Å². The van der Waals surface area contributed by atoms with Crippen LogP contribution in [0.15, 0.2) is 72.0 Å². The van der Waals surface area contributed by atoms with Crippen molar-refractivity contribution in [1.82, 2.24) is 15.2 Å². The summed E-state index contributed by atoms with van der Waals surface area (Å²) in [5, 5.41) is 32.2. The number of pyridine rings is 1. The number of fused-ring (bicyclic) bond motifs is 1. The van der Waals surface area contributed by atoms with Crippen LogP contribution in [0.2, 0.25) is 5.02 Å². The Bertz CT molecular complexity index is 2080. The van der Waals surface area contributed by atoms with Crippen LogP contribution in [0.4, 0.5) is 0 Å². The third kappa shape index (κ3) is 10.3. The third-order valence-corrected chi connectivity index (χ3v) is 10.5. The zero-order valence-corrected chi connectivity index (χ0v) is 32.2. The monoisotopic (exact) mass is 781 g/mol. The topological polar surface area (TPSA) is 202 Å². The number of aliphatic hydroxyl groups excluding tert-OH is 1. The lowest BCUT2D eigenvalue weighted by molar-refractivity contribution is -0.139. The first-order valence-corrected chi connectivity index (χ1v) is 19.2. The number of nitriles is 1. The fourth-order valence-electron chi connectivity index (χ4n) is 7.21. The number of nitrogens with two attached hydrogens (primary N) is 2. The second kappa shape index (κ2) is 19.0. The van der Waals surface area contributed by atoms with Crippen molar-refractivity contribution in [1.29, 1.82) is 5.26 Å². The number of ether oxygens (including phenoxy) is 3. The first-order chi connectivity index (χ1) is 27.1. The number of likely N-dealkylation sites (tertiary alicyclic amines) is 1. The zero-order valence-electron chi connectivity index (χ0n) is 31.4. The number of carboxylic acids is 1. The van der Waals surface area contributed by atoms with E-state index in [9.17, 15) is 20.3 Å². The number of aliphatic imine (C=N–C) groups is 1. The van der Waals surface area contributed by atoms with Crippen LogP contribution in [0.25, 0.3) is 11.1 Å². The minimum absolute atomic E-state index is 0.0734. The highest BCUT2D eigenvalue weighted by molar-refractivity contribution is 6.32. The van der Waals surface area contributed by atoms with E-state index in [-0.39, 0.29) is 37.9 Å². The first kappa shape index (κ1) is 40.3. The number of aliphatic hydroxyl groups is 1. The molecule has 56 heavy (non-hydrogen) atoms. The number of guanidine groups is 1. The van der Waals surface area contributed by atoms with Crippen LogP contribution in [0.5, 0.6) is 17.2 Å². The van der Waals surface area contributed by atoms with E-state index in [2.05, 4.69) is 51.4 Å². The van der Waals surface area contributed by atoms with Gasteiger partial charge in [-0.2, -0.15) is 5.26 Å². The molecule has 0 radical (unpaired) electrons. The molecule has 1 saturated heterocycles. The van der Waals surface area contributed by atoms with Gasteiger partial charge in [0.15, 0.2) is 5.96 Å². The van der Waals surface area contributed by atoms with Crippen molar-refractivity contribution in [3.63, 3.8) is 0 Å². The summed E-state index contributed by atoms with van der Waals surface area (Å²) in [4.78, 5) is 22.3. The molecule has 4 aromatic rings. The summed E-state index contributed by atoms with van der Waals surface area (Å²) in [5.74, 6) is 0.368. The van der Waals surface area contributed by atoms with Crippen molar-refractivity contribution in [2.24, 2.45) is 16.5 Å². The number of nitrogens with zero attached hydrogens (tertiary/aromatic N) is 4. The fraction of sp³-hybridized carbons (Fsp3) is 0.381. The quantitative estimate of drug-likeness (QED) is 0.0529. The summed E-state index contributed by atoms with van der Waals surface area (Å²) in [7, 11) is 0. The number of piperidine rings is 1. The molecular formula is C42H48ClN7O6. The van der Waals surface area contributed by atoms with Crippen LogP contribution in [0.1, 0.15) is 65.2 Å². The van der Waals surface area contributed by atoms with Gasteiger partial charge in [-0.3, -0.25) is 20.1 Å². The van der Waals surface area contributed by atoms with Crippen LogP contribution < -0.4 is 31.0 Å². The molecule has 6 rings (SSSR count). The Morgan fingerprint density at radius 2 is 1.86 bits per heavy atom. The largest absolute Gasteiger partial charge is 0.493 e. The molecule has 2 atom stereocenters. The van der Waals surface area contributed by atoms with Gasteiger partial charge in [-0.1, -0.05) is 41.9 Å². The number of halogens is 1. The van der Waals surface area contributed by atoms with Gasteiger partial charge in [-0.05, 0) is 85.0 Å². The molecule has 2 heterocycles. The van der Waals surface area contributed by atoms with Crippen molar-refractivity contribution in [2.75, 3.05) is 32.8 Å². The number of hydrogen-bond acceptors (Lipinski definition) is 10. The predicted molar refractivity (Wildman–Crippen MR) is 214 cm³/mol. The molecule has 1 aliphatic heterocycles. The molecule has 0 saturated carbocycles. The van der Waals surface area contributed by atoms with Crippen LogP contribution >= 0.6 is 11.6 Å². The van der Waals surface area contributed by atoms with Crippen molar-refractivity contribution in [3.05, 3.63) is 105 Å². The molecule has 1 fully saturated rings. The second-order valence-electron chi connectivity index (χ2n) is 14.1. The van der Waals surface area contributed by atoms with E-state index in [1.54, 1.807) is 24.4 Å². The minimum Gasteiger partial charge on any atom is -0.493 e. The molecule has 0 unspecified atom stereocenters. The van der Waals surface area contributed by atoms with Crippen LogP contribution in [0, 0.1) is 18.3 Å². The fourth-order valence-corrected chi connectivity index (χ4v) is 7.44. The molecule has 0 bridgehead atoms. The molecule has 294 valence electrons. The van der Waals surface area contributed by atoms with E-state index in [4.69, 9.17) is 37.3 Å². The van der Waals surface area contributed by atoms with Gasteiger partial charge < -0.3 is 40.8 Å². The molecule has 0 amide bonds. The molecule has 7 N–H and O–H groups in total. The summed E-state index contributed by atoms with van der Waals surface area (Å²) >= 11 is 6.86. The van der Waals surface area contributed by atoms with Crippen molar-refractivity contribution in [3.8, 4) is 34.4 Å². The number of carbonyl (C=O) groups is 1. The highest BCUT2D eigenvalue weighted by atomic mass is 35.5. The summed E-state index contributed by atoms with van der Waals surface area (Å²) in [6, 6.07) is 18.6. The highest BCUT2D eigenvalue weighted by Crippen LogP contribution is 2.44. The second-order valence-corrected chi connectivity index (χ2v) is 14.5. The van der Waals surface area contributed by atoms with E-state index in [1.807, 2.05) is 18.2 Å². The molecular weight excluding hydrogens is 734 g/mol. The molecule has 1 aromatic heterocycles. The summed E-state index contributed by atoms with van der Waals surface area (Å²) in [6.07, 6.45) is 6.77. The van der Waals surface area contributed by atoms with Gasteiger partial charge in [0.05, 0.1) is 29.8 Å². The predicted octanol–water partition coefficient (Wildman–Crippen LogP) is 5.27. The van der Waals surface area contributed by atoms with E-state index in [0.29, 0.717) is 39.8 Å². The first-order valence-electron chi connectivity index (χ1n) is 18.8. The van der Waals surface area contributed by atoms with Gasteiger partial charge in [0.25, 0.3) is 0 Å². The number of rotatable bonds is 17. The molecule has 13 nitrogen and oxygen atoms in total. The van der Waals surface area contributed by atoms with Crippen molar-refractivity contribution in [2.45, 2.75) is 70.4 Å². The maximum atomic E-state index is 11.9. The highest BCUT2D eigenvalue weighted by Gasteiger charge is 2.29. The normalized spacial score (nSPS) is 16.1. The number of carboxylic acid groups (broad SMARTS) is 1. The number of aromatic nitrogens is 1. The lowest BCUT2D eigenvalue weighted by atomic mass is 9.93. The van der Waals surface area contributed by atoms with E-state index in [1.165, 1.54) is 11.8 Å². The maximum Gasteiger partial charge on any atom is 0.322 e. The SMILES string of the molecule is Cc1c(OCCCN2CCC(O)CC2)cccc1-c1cccc2c1CC[C@@H]2Oc1cc(OCc2cncc(C#N)c2)c(CN[C@@H](CN=C(N)N)C(=O)O)cc1Cl. The third-order valence-electron chi connectivity index (χ3n) is 10.2. The van der Waals surface area contributed by atoms with Gasteiger partial charge in [0.1, 0.15) is 42.1 Å². The standard InChI is InChI=1S/C42H48ClN7O6/c1-26-31(5-3-8-37(26)54-16-4-13-50-14-11-30(51)12-15-50)32-6-2-7-34-33(32)9-10-38(34)56-40-19-39(55-25-28-17-27(20-44)21-47-22-28)29(18-35(40)43)23-48-36(41(52)53)24-49-42(45)46/h2-3,5-8,17-19,21-22,30,36,38,48,51H,4,9-16,23-25H2,1H3,(H,52,53)(H4,45,46,49)/t36-,38-/m0/s1. The number of hydrogen-bond donors (Lipinski definition) is 5. The Hall–Kier alpha value is -5.39. The number of nitrogens with one attached hydrogen (secondary N) is 1. The Morgan fingerprint density at radius 1 is 1.07 bits per heavy atom. The summed E-state index contributed by atoms with van der Waals surface area (Å²) in [6.45, 7) is 5.53. The maximum absolute atomic E-state index is 11.9. The van der Waals surface area contributed by atoms with Crippen molar-refractivity contribution >= 4 is 23.5 Å². The van der Waals surface area contributed by atoms with Crippen LogP contribution in [0.3, 0.4) is 0 Å². The minimum atomic E-state index is -1.12. The molecule has 2 aliphatic rings. The van der Waals surface area contributed by atoms with E-state index < -0.39 is 12.0 Å². The Morgan fingerprint density at radius 3 is 2.62 bits per heavy atom. The number of benzene rings is 3. The smallest absolute Gasteiger partial charge is 0.322 e. The van der Waals surface area contributed by atoms with Gasteiger partial charge in [0, 0.05) is 55.8 Å².